The molecular formula is C31H37F3N2O5. The number of likely N-dealkylation sites (tertiary alicyclic amines) is 1. The van der Waals surface area contributed by atoms with Gasteiger partial charge in [0.25, 0.3) is 0 Å². The first-order chi connectivity index (χ1) is 19.7. The summed E-state index contributed by atoms with van der Waals surface area (Å²) in [6.07, 6.45) is 1.31. The highest BCUT2D eigenvalue weighted by Gasteiger charge is 2.34. The van der Waals surface area contributed by atoms with Crippen LogP contribution in [0.1, 0.15) is 68.1 Å². The lowest BCUT2D eigenvalue weighted by molar-refractivity contribution is -0.275. The number of nitrogens with zero attached hydrogens (tertiary/aromatic N) is 2. The normalized spacial score (nSPS) is 19.7. The summed E-state index contributed by atoms with van der Waals surface area (Å²) in [4.78, 5) is 29.1. The Morgan fingerprint density at radius 3 is 2.56 bits per heavy atom. The minimum atomic E-state index is -4.76. The van der Waals surface area contributed by atoms with Crippen molar-refractivity contribution in [3.8, 4) is 11.5 Å². The number of halogens is 3. The molecule has 2 heterocycles. The molecule has 7 nitrogen and oxygen atoms in total. The highest BCUT2D eigenvalue weighted by atomic mass is 19.4. The Morgan fingerprint density at radius 2 is 1.80 bits per heavy atom. The van der Waals surface area contributed by atoms with Crippen molar-refractivity contribution in [3.05, 3.63) is 53.1 Å². The molecule has 1 saturated carbocycles. The van der Waals surface area contributed by atoms with Crippen LogP contribution in [0.4, 0.5) is 18.9 Å². The zero-order valence-electron chi connectivity index (χ0n) is 23.4. The van der Waals surface area contributed by atoms with Crippen LogP contribution in [0.2, 0.25) is 0 Å². The number of anilines is 1. The number of benzene rings is 2. The quantitative estimate of drug-likeness (QED) is 0.343. The van der Waals surface area contributed by atoms with Gasteiger partial charge in [-0.15, -0.1) is 13.2 Å². The molecule has 1 amide bonds. The van der Waals surface area contributed by atoms with Crippen LogP contribution in [0.5, 0.6) is 11.5 Å². The lowest BCUT2D eigenvalue weighted by Gasteiger charge is -2.32. The van der Waals surface area contributed by atoms with Crippen molar-refractivity contribution in [1.82, 2.24) is 4.90 Å². The average molecular weight is 575 g/mol. The molecular weight excluding hydrogens is 537 g/mol. The number of hydrogen-bond acceptors (Lipinski definition) is 6. The van der Waals surface area contributed by atoms with E-state index in [0.29, 0.717) is 43.0 Å². The number of carbonyl (C=O) groups excluding carboxylic acids is 2. The van der Waals surface area contributed by atoms with Gasteiger partial charge in [0.05, 0.1) is 19.1 Å². The van der Waals surface area contributed by atoms with Gasteiger partial charge in [0.1, 0.15) is 18.1 Å². The van der Waals surface area contributed by atoms with E-state index in [0.717, 1.165) is 56.3 Å². The topological polar surface area (TPSA) is 68.3 Å². The number of amides is 1. The largest absolute Gasteiger partial charge is 0.573 e. The molecule has 2 fully saturated rings. The van der Waals surface area contributed by atoms with E-state index in [4.69, 9.17) is 9.47 Å². The van der Waals surface area contributed by atoms with E-state index in [1.165, 1.54) is 6.07 Å². The molecule has 0 spiro atoms. The fraction of sp³-hybridized carbons (Fsp3) is 0.548. The zero-order chi connectivity index (χ0) is 29.0. The van der Waals surface area contributed by atoms with Crippen LogP contribution < -0.4 is 14.4 Å². The number of hydrogen-bond donors (Lipinski definition) is 0. The molecule has 3 aliphatic rings. The van der Waals surface area contributed by atoms with Crippen molar-refractivity contribution in [2.75, 3.05) is 37.7 Å². The number of carbonyl (C=O) groups is 2. The third-order valence-electron chi connectivity index (χ3n) is 8.24. The Labute approximate surface area is 238 Å². The predicted molar refractivity (Wildman–Crippen MR) is 147 cm³/mol. The van der Waals surface area contributed by atoms with Crippen LogP contribution >= 0.6 is 0 Å². The van der Waals surface area contributed by atoms with Gasteiger partial charge in [0.2, 0.25) is 5.91 Å². The van der Waals surface area contributed by atoms with E-state index in [2.05, 4.69) is 4.74 Å². The predicted octanol–water partition coefficient (Wildman–Crippen LogP) is 5.99. The average Bonchev–Trinajstić information content (AvgIpc) is 3.62. The van der Waals surface area contributed by atoms with Crippen molar-refractivity contribution in [2.24, 2.45) is 5.92 Å². The second-order valence-corrected chi connectivity index (χ2v) is 11.1. The van der Waals surface area contributed by atoms with Crippen molar-refractivity contribution in [2.45, 2.75) is 70.8 Å². The lowest BCUT2D eigenvalue weighted by atomic mass is 9.95. The molecule has 10 heteroatoms. The van der Waals surface area contributed by atoms with Gasteiger partial charge in [-0.1, -0.05) is 25.0 Å². The van der Waals surface area contributed by atoms with E-state index < -0.39 is 6.36 Å². The van der Waals surface area contributed by atoms with Crippen LogP contribution in [-0.2, 0) is 27.4 Å². The first-order valence-corrected chi connectivity index (χ1v) is 14.5. The number of alkyl halides is 3. The summed E-state index contributed by atoms with van der Waals surface area (Å²) in [6, 6.07) is 10.5. The molecule has 0 aromatic heterocycles. The van der Waals surface area contributed by atoms with Crippen molar-refractivity contribution in [3.63, 3.8) is 0 Å². The van der Waals surface area contributed by atoms with Crippen molar-refractivity contribution < 1.29 is 37.0 Å². The third-order valence-corrected chi connectivity index (χ3v) is 8.24. The lowest BCUT2D eigenvalue weighted by Crippen LogP contribution is -2.45. The van der Waals surface area contributed by atoms with E-state index in [1.54, 1.807) is 30.0 Å². The summed E-state index contributed by atoms with van der Waals surface area (Å²) >= 11 is 0. The summed E-state index contributed by atoms with van der Waals surface area (Å²) < 4.78 is 54.8. The molecule has 2 aromatic rings. The van der Waals surface area contributed by atoms with Crippen LogP contribution in [0.15, 0.2) is 36.4 Å². The molecule has 41 heavy (non-hydrogen) atoms. The summed E-state index contributed by atoms with van der Waals surface area (Å²) in [5, 5.41) is 0. The number of ether oxygens (including phenoxy) is 3. The number of esters is 1. The van der Waals surface area contributed by atoms with E-state index in [9.17, 15) is 22.8 Å². The van der Waals surface area contributed by atoms with E-state index in [-0.39, 0.29) is 42.6 Å². The van der Waals surface area contributed by atoms with Gasteiger partial charge in [-0.05, 0) is 92.4 Å². The number of rotatable bonds is 9. The highest BCUT2D eigenvalue weighted by Crippen LogP contribution is 2.41. The zero-order valence-corrected chi connectivity index (χ0v) is 23.4. The molecule has 1 aliphatic carbocycles. The SMILES string of the molecule is CCOC(=O)[C@@H]1CCCN(CC(=O)N2CCc3cc(OCc4ccc(C5CCCC5)c(OC(F)(F)F)c4)ccc32)C1. The van der Waals surface area contributed by atoms with Gasteiger partial charge in [0.15, 0.2) is 0 Å². The fourth-order valence-corrected chi connectivity index (χ4v) is 6.28. The first-order valence-electron chi connectivity index (χ1n) is 14.5. The summed E-state index contributed by atoms with van der Waals surface area (Å²) in [5.74, 6) is 0.120. The van der Waals surface area contributed by atoms with Crippen LogP contribution in [0.3, 0.4) is 0 Å². The molecule has 0 N–H and O–H groups in total. The van der Waals surface area contributed by atoms with Crippen molar-refractivity contribution in [1.29, 1.82) is 0 Å². The van der Waals surface area contributed by atoms with Gasteiger partial charge in [0, 0.05) is 18.8 Å². The molecule has 1 saturated heterocycles. The number of piperidine rings is 1. The maximum atomic E-state index is 13.2. The Bertz CT molecular complexity index is 1240. The summed E-state index contributed by atoms with van der Waals surface area (Å²) in [6.45, 7) is 4.34. The Hall–Kier alpha value is -3.27. The van der Waals surface area contributed by atoms with Gasteiger partial charge in [-0.25, -0.2) is 0 Å². The second kappa shape index (κ2) is 12.7. The second-order valence-electron chi connectivity index (χ2n) is 11.1. The maximum Gasteiger partial charge on any atom is 0.573 e. The standard InChI is InChI=1S/C31H37F3N2O5/c1-2-39-30(38)24-8-5-14-35(18-24)19-29(37)36-15-13-23-17-25(10-12-27(23)36)40-20-21-9-11-26(22-6-3-4-7-22)28(16-21)41-31(32,33)34/h9-12,16-17,22,24H,2-8,13-15,18-20H2,1H3/t24-/m1/s1. The maximum absolute atomic E-state index is 13.2. The van der Waals surface area contributed by atoms with Gasteiger partial charge < -0.3 is 19.1 Å². The van der Waals surface area contributed by atoms with Gasteiger partial charge in [-0.2, -0.15) is 0 Å². The van der Waals surface area contributed by atoms with Crippen LogP contribution in [0.25, 0.3) is 0 Å². The molecule has 2 aliphatic heterocycles. The first kappa shape index (κ1) is 29.2. The van der Waals surface area contributed by atoms with Crippen LogP contribution in [0, 0.1) is 5.92 Å². The monoisotopic (exact) mass is 574 g/mol. The molecule has 2 aromatic carbocycles. The molecule has 0 bridgehead atoms. The van der Waals surface area contributed by atoms with Crippen molar-refractivity contribution >= 4 is 17.6 Å². The molecule has 5 rings (SSSR count). The number of fused-ring (bicyclic) bond motifs is 1. The minimum absolute atomic E-state index is 0.0125. The Kier molecular flexibility index (Phi) is 9.06. The smallest absolute Gasteiger partial charge is 0.489 e. The van der Waals surface area contributed by atoms with E-state index >= 15 is 0 Å². The molecule has 0 unspecified atom stereocenters. The van der Waals surface area contributed by atoms with E-state index in [1.807, 2.05) is 17.0 Å². The Morgan fingerprint density at radius 1 is 1.00 bits per heavy atom. The molecule has 0 radical (unpaired) electrons. The summed E-state index contributed by atoms with van der Waals surface area (Å²) in [7, 11) is 0. The third kappa shape index (κ3) is 7.33. The highest BCUT2D eigenvalue weighted by molar-refractivity contribution is 5.97. The molecule has 222 valence electrons. The van der Waals surface area contributed by atoms with Gasteiger partial charge >= 0.3 is 12.3 Å². The summed E-state index contributed by atoms with van der Waals surface area (Å²) in [5.41, 5.74) is 3.01. The van der Waals surface area contributed by atoms with Crippen LogP contribution in [-0.4, -0.2) is 55.9 Å². The fourth-order valence-electron chi connectivity index (χ4n) is 6.28. The Balaban J connectivity index is 1.20. The molecule has 1 atom stereocenters. The minimum Gasteiger partial charge on any atom is -0.489 e. The van der Waals surface area contributed by atoms with Gasteiger partial charge in [-0.3, -0.25) is 14.5 Å².